The van der Waals surface area contributed by atoms with E-state index >= 15 is 0 Å². The maximum Gasteiger partial charge on any atom is 0.254 e. The fraction of sp³-hybridized carbons (Fsp3) is 0.632. The Morgan fingerprint density at radius 2 is 1.84 bits per heavy atom. The van der Waals surface area contributed by atoms with Crippen molar-refractivity contribution in [3.8, 4) is 0 Å². The predicted molar refractivity (Wildman–Crippen MR) is 107 cm³/mol. The molecule has 1 atom stereocenters. The molecule has 1 aromatic carbocycles. The summed E-state index contributed by atoms with van der Waals surface area (Å²) in [5, 5.41) is 3.43. The van der Waals surface area contributed by atoms with Crippen molar-refractivity contribution in [3.63, 3.8) is 0 Å². The number of nitrogens with one attached hydrogen (secondary N) is 1. The van der Waals surface area contributed by atoms with Crippen LogP contribution in [-0.2, 0) is 6.42 Å². The van der Waals surface area contributed by atoms with Crippen molar-refractivity contribution in [1.82, 2.24) is 9.80 Å². The summed E-state index contributed by atoms with van der Waals surface area (Å²) >= 11 is 0. The van der Waals surface area contributed by atoms with Crippen LogP contribution in [0.3, 0.4) is 0 Å². The van der Waals surface area contributed by atoms with Gasteiger partial charge in [-0.25, -0.2) is 0 Å². The van der Waals surface area contributed by atoms with E-state index in [0.717, 1.165) is 50.1 Å². The first-order chi connectivity index (χ1) is 11.3. The van der Waals surface area contributed by atoms with Crippen molar-refractivity contribution in [2.75, 3.05) is 38.0 Å². The minimum atomic E-state index is 0. The molecule has 0 spiro atoms. The number of hydrogen-bond donors (Lipinski definition) is 1. The number of nitrogens with zero attached hydrogens (tertiary/aromatic N) is 2. The summed E-state index contributed by atoms with van der Waals surface area (Å²) in [6.45, 7) is 5.28. The van der Waals surface area contributed by atoms with Gasteiger partial charge < -0.3 is 10.2 Å². The molecule has 4 nitrogen and oxygen atoms in total. The quantitative estimate of drug-likeness (QED) is 0.844. The van der Waals surface area contributed by atoms with Crippen LogP contribution < -0.4 is 5.32 Å². The Hall–Kier alpha value is -0.970. The SMILES string of the molecule is Cl.Cl.O=C(c1cccc2c1CCCN2)N1CCC(N2CCCCC2)C1. The van der Waals surface area contributed by atoms with Gasteiger partial charge in [-0.15, -0.1) is 24.8 Å². The molecule has 0 bridgehead atoms. The summed E-state index contributed by atoms with van der Waals surface area (Å²) < 4.78 is 0. The largest absolute Gasteiger partial charge is 0.385 e. The van der Waals surface area contributed by atoms with E-state index in [9.17, 15) is 4.79 Å². The van der Waals surface area contributed by atoms with Gasteiger partial charge in [-0.05, 0) is 62.9 Å². The molecule has 0 saturated carbocycles. The summed E-state index contributed by atoms with van der Waals surface area (Å²) in [6.07, 6.45) is 7.29. The van der Waals surface area contributed by atoms with Crippen LogP contribution in [0.4, 0.5) is 5.69 Å². The number of fused-ring (bicyclic) bond motifs is 1. The molecular weight excluding hydrogens is 357 g/mol. The molecule has 1 N–H and O–H groups in total. The highest BCUT2D eigenvalue weighted by molar-refractivity contribution is 5.97. The molecular formula is C19H29Cl2N3O. The number of piperidine rings is 1. The number of halogens is 2. The van der Waals surface area contributed by atoms with Crippen LogP contribution in [0.5, 0.6) is 0 Å². The molecule has 3 aliphatic heterocycles. The van der Waals surface area contributed by atoms with Gasteiger partial charge in [0.25, 0.3) is 5.91 Å². The van der Waals surface area contributed by atoms with Gasteiger partial charge in [0.05, 0.1) is 0 Å². The van der Waals surface area contributed by atoms with Crippen LogP contribution >= 0.6 is 24.8 Å². The van der Waals surface area contributed by atoms with Crippen molar-refractivity contribution in [2.45, 2.75) is 44.6 Å². The van der Waals surface area contributed by atoms with Gasteiger partial charge in [-0.1, -0.05) is 12.5 Å². The lowest BCUT2D eigenvalue weighted by atomic mass is 9.97. The van der Waals surface area contributed by atoms with Gasteiger partial charge >= 0.3 is 0 Å². The molecule has 0 aromatic heterocycles. The van der Waals surface area contributed by atoms with Crippen LogP contribution in [-0.4, -0.2) is 54.5 Å². The van der Waals surface area contributed by atoms with E-state index in [2.05, 4.69) is 21.2 Å². The van der Waals surface area contributed by atoms with Crippen molar-refractivity contribution in [3.05, 3.63) is 29.3 Å². The van der Waals surface area contributed by atoms with E-state index in [0.29, 0.717) is 6.04 Å². The van der Waals surface area contributed by atoms with Crippen molar-refractivity contribution in [2.24, 2.45) is 0 Å². The second-order valence-electron chi connectivity index (χ2n) is 7.15. The summed E-state index contributed by atoms with van der Waals surface area (Å²) in [5.74, 6) is 0.241. The maximum atomic E-state index is 13.0. The number of carbonyl (C=O) groups excluding carboxylic acids is 1. The van der Waals surface area contributed by atoms with Crippen molar-refractivity contribution < 1.29 is 4.79 Å². The predicted octanol–water partition coefficient (Wildman–Crippen LogP) is 3.59. The second kappa shape index (κ2) is 9.11. The zero-order valence-corrected chi connectivity index (χ0v) is 16.3. The van der Waals surface area contributed by atoms with Crippen LogP contribution in [0.1, 0.15) is 48.0 Å². The molecule has 6 heteroatoms. The van der Waals surface area contributed by atoms with E-state index in [1.165, 1.54) is 37.9 Å². The number of rotatable bonds is 2. The molecule has 25 heavy (non-hydrogen) atoms. The van der Waals surface area contributed by atoms with Gasteiger partial charge in [0.1, 0.15) is 0 Å². The average molecular weight is 386 g/mol. The Morgan fingerprint density at radius 1 is 1.04 bits per heavy atom. The van der Waals surface area contributed by atoms with Crippen molar-refractivity contribution in [1.29, 1.82) is 0 Å². The summed E-state index contributed by atoms with van der Waals surface area (Å²) in [6, 6.07) is 6.72. The molecule has 140 valence electrons. The molecule has 1 unspecified atom stereocenters. The summed E-state index contributed by atoms with van der Waals surface area (Å²) in [4.78, 5) is 17.7. The minimum absolute atomic E-state index is 0. The Kier molecular flexibility index (Phi) is 7.41. The first kappa shape index (κ1) is 20.3. The third kappa shape index (κ3) is 4.24. The van der Waals surface area contributed by atoms with Crippen LogP contribution in [0.15, 0.2) is 18.2 Å². The van der Waals surface area contributed by atoms with Crippen LogP contribution in [0, 0.1) is 0 Å². The normalized spacial score (nSPS) is 23.0. The highest BCUT2D eigenvalue weighted by Crippen LogP contribution is 2.28. The summed E-state index contributed by atoms with van der Waals surface area (Å²) in [5.41, 5.74) is 3.31. The monoisotopic (exact) mass is 385 g/mol. The maximum absolute atomic E-state index is 13.0. The van der Waals surface area contributed by atoms with Gasteiger partial charge in [0.15, 0.2) is 0 Å². The number of likely N-dealkylation sites (tertiary alicyclic amines) is 2. The zero-order chi connectivity index (χ0) is 15.6. The fourth-order valence-corrected chi connectivity index (χ4v) is 4.39. The third-order valence-corrected chi connectivity index (χ3v) is 5.68. The Bertz CT molecular complexity index is 590. The third-order valence-electron chi connectivity index (χ3n) is 5.68. The topological polar surface area (TPSA) is 35.6 Å². The molecule has 3 aliphatic rings. The van der Waals surface area contributed by atoms with Crippen LogP contribution in [0.25, 0.3) is 0 Å². The number of benzene rings is 1. The molecule has 0 aliphatic carbocycles. The van der Waals surface area contributed by atoms with Crippen LogP contribution in [0.2, 0.25) is 0 Å². The first-order valence-electron chi connectivity index (χ1n) is 9.22. The highest BCUT2D eigenvalue weighted by Gasteiger charge is 2.32. The number of hydrogen-bond acceptors (Lipinski definition) is 3. The van der Waals surface area contributed by atoms with E-state index in [1.54, 1.807) is 0 Å². The molecule has 1 aromatic rings. The Labute approximate surface area is 163 Å². The lowest BCUT2D eigenvalue weighted by molar-refractivity contribution is 0.0770. The highest BCUT2D eigenvalue weighted by atomic mass is 35.5. The molecule has 2 saturated heterocycles. The molecule has 2 fully saturated rings. The first-order valence-corrected chi connectivity index (χ1v) is 9.22. The van der Waals surface area contributed by atoms with E-state index in [4.69, 9.17) is 0 Å². The number of amides is 1. The number of anilines is 1. The minimum Gasteiger partial charge on any atom is -0.385 e. The van der Waals surface area contributed by atoms with Gasteiger partial charge in [-0.2, -0.15) is 0 Å². The lowest BCUT2D eigenvalue weighted by Gasteiger charge is -2.32. The zero-order valence-electron chi connectivity index (χ0n) is 14.7. The van der Waals surface area contributed by atoms with E-state index in [1.807, 2.05) is 12.1 Å². The molecule has 4 rings (SSSR count). The smallest absolute Gasteiger partial charge is 0.254 e. The molecule has 3 heterocycles. The van der Waals surface area contributed by atoms with Gasteiger partial charge in [0.2, 0.25) is 0 Å². The Balaban J connectivity index is 0.00000113. The molecule has 0 radical (unpaired) electrons. The van der Waals surface area contributed by atoms with Crippen molar-refractivity contribution >= 4 is 36.4 Å². The van der Waals surface area contributed by atoms with Gasteiger partial charge in [-0.3, -0.25) is 9.69 Å². The van der Waals surface area contributed by atoms with E-state index < -0.39 is 0 Å². The van der Waals surface area contributed by atoms with E-state index in [-0.39, 0.29) is 30.7 Å². The standard InChI is InChI=1S/C19H27N3O.2ClH/c23-19(17-6-4-8-18-16(17)7-5-10-20-18)22-13-9-15(14-22)21-11-2-1-3-12-21;;/h4,6,8,15,20H,1-3,5,7,9-14H2;2*1H. The molecule has 1 amide bonds. The lowest BCUT2D eigenvalue weighted by Crippen LogP contribution is -2.41. The number of carbonyl (C=O) groups is 1. The fourth-order valence-electron chi connectivity index (χ4n) is 4.39. The average Bonchev–Trinajstić information content (AvgIpc) is 3.11. The summed E-state index contributed by atoms with van der Waals surface area (Å²) in [7, 11) is 0. The second-order valence-corrected chi connectivity index (χ2v) is 7.15. The van der Waals surface area contributed by atoms with Gasteiger partial charge in [0, 0.05) is 36.9 Å². The Morgan fingerprint density at radius 3 is 2.64 bits per heavy atom.